The lowest BCUT2D eigenvalue weighted by Gasteiger charge is -2.10. The number of carboxylic acids is 1. The SMILES string of the molecule is O=C(O)c1cc(F)c(OCc2ccc(Cl)cc2F)c(F)c1. The fourth-order valence-electron chi connectivity index (χ4n) is 1.61. The molecule has 0 heterocycles. The molecule has 21 heavy (non-hydrogen) atoms. The number of hydrogen-bond acceptors (Lipinski definition) is 2. The van der Waals surface area contributed by atoms with Crippen LogP contribution in [-0.4, -0.2) is 11.1 Å². The van der Waals surface area contributed by atoms with Crippen LogP contribution in [0, 0.1) is 17.5 Å². The summed E-state index contributed by atoms with van der Waals surface area (Å²) in [5.74, 6) is -5.27. The second-order valence-corrected chi connectivity index (χ2v) is 4.54. The van der Waals surface area contributed by atoms with Gasteiger partial charge in [0.2, 0.25) is 0 Å². The van der Waals surface area contributed by atoms with Gasteiger partial charge in [-0.1, -0.05) is 17.7 Å². The van der Waals surface area contributed by atoms with Gasteiger partial charge in [-0.25, -0.2) is 18.0 Å². The molecule has 7 heteroatoms. The normalized spacial score (nSPS) is 10.5. The van der Waals surface area contributed by atoms with Gasteiger partial charge in [-0.3, -0.25) is 0 Å². The summed E-state index contributed by atoms with van der Waals surface area (Å²) in [6, 6.07) is 5.01. The lowest BCUT2D eigenvalue weighted by Crippen LogP contribution is -2.05. The smallest absolute Gasteiger partial charge is 0.335 e. The zero-order chi connectivity index (χ0) is 15.6. The van der Waals surface area contributed by atoms with Crippen LogP contribution in [0.15, 0.2) is 30.3 Å². The molecule has 0 amide bonds. The first kappa shape index (κ1) is 15.2. The number of carbonyl (C=O) groups is 1. The zero-order valence-electron chi connectivity index (χ0n) is 10.4. The molecule has 0 aliphatic carbocycles. The van der Waals surface area contributed by atoms with Crippen LogP contribution >= 0.6 is 11.6 Å². The molecular weight excluding hydrogens is 309 g/mol. The molecule has 0 unspecified atom stereocenters. The number of benzene rings is 2. The molecule has 0 aliphatic heterocycles. The number of ether oxygens (including phenoxy) is 1. The molecule has 110 valence electrons. The van der Waals surface area contributed by atoms with Crippen LogP contribution < -0.4 is 4.74 Å². The Labute approximate surface area is 122 Å². The van der Waals surface area contributed by atoms with Crippen molar-refractivity contribution >= 4 is 17.6 Å². The predicted octanol–water partition coefficient (Wildman–Crippen LogP) is 4.03. The van der Waals surface area contributed by atoms with Crippen molar-refractivity contribution in [2.75, 3.05) is 0 Å². The first-order chi connectivity index (χ1) is 9.88. The van der Waals surface area contributed by atoms with Crippen molar-refractivity contribution in [1.29, 1.82) is 0 Å². The monoisotopic (exact) mass is 316 g/mol. The maximum absolute atomic E-state index is 13.6. The van der Waals surface area contributed by atoms with Crippen molar-refractivity contribution in [3.8, 4) is 5.75 Å². The molecule has 0 atom stereocenters. The van der Waals surface area contributed by atoms with E-state index in [1.165, 1.54) is 12.1 Å². The van der Waals surface area contributed by atoms with E-state index in [4.69, 9.17) is 21.4 Å². The zero-order valence-corrected chi connectivity index (χ0v) is 11.1. The number of carboxylic acid groups (broad SMARTS) is 1. The van der Waals surface area contributed by atoms with Gasteiger partial charge in [0.15, 0.2) is 17.4 Å². The summed E-state index contributed by atoms with van der Waals surface area (Å²) in [6.07, 6.45) is 0. The molecule has 3 nitrogen and oxygen atoms in total. The molecule has 0 radical (unpaired) electrons. The summed E-state index contributed by atoms with van der Waals surface area (Å²) in [5, 5.41) is 8.84. The van der Waals surface area contributed by atoms with Crippen LogP contribution in [0.2, 0.25) is 5.02 Å². The van der Waals surface area contributed by atoms with Gasteiger partial charge in [0, 0.05) is 10.6 Å². The van der Waals surface area contributed by atoms with E-state index >= 15 is 0 Å². The summed E-state index contributed by atoms with van der Waals surface area (Å²) in [6.45, 7) is -0.427. The number of aromatic carboxylic acids is 1. The van der Waals surface area contributed by atoms with Crippen LogP contribution in [0.4, 0.5) is 13.2 Å². The summed E-state index contributed by atoms with van der Waals surface area (Å²) in [5.41, 5.74) is -0.490. The lowest BCUT2D eigenvalue weighted by molar-refractivity contribution is 0.0695. The molecule has 1 N–H and O–H groups in total. The fraction of sp³-hybridized carbons (Fsp3) is 0.0714. The Morgan fingerprint density at radius 2 is 1.71 bits per heavy atom. The van der Waals surface area contributed by atoms with Gasteiger partial charge in [-0.2, -0.15) is 0 Å². The first-order valence-electron chi connectivity index (χ1n) is 5.67. The Morgan fingerprint density at radius 3 is 2.24 bits per heavy atom. The highest BCUT2D eigenvalue weighted by molar-refractivity contribution is 6.30. The van der Waals surface area contributed by atoms with Crippen molar-refractivity contribution in [3.63, 3.8) is 0 Å². The summed E-state index contributed by atoms with van der Waals surface area (Å²) in [4.78, 5) is 10.6. The van der Waals surface area contributed by atoms with E-state index in [0.29, 0.717) is 12.1 Å². The standard InChI is InChI=1S/C14H8ClF3O3/c15-9-2-1-7(10(16)5-9)6-21-13-11(17)3-8(14(19)20)4-12(13)18/h1-5H,6H2,(H,19,20). The Balaban J connectivity index is 2.22. The Morgan fingerprint density at radius 1 is 1.10 bits per heavy atom. The molecule has 0 aromatic heterocycles. The molecule has 0 saturated carbocycles. The average Bonchev–Trinajstić information content (AvgIpc) is 2.39. The summed E-state index contributed by atoms with van der Waals surface area (Å²) >= 11 is 5.58. The molecule has 0 fully saturated rings. The highest BCUT2D eigenvalue weighted by atomic mass is 35.5. The highest BCUT2D eigenvalue weighted by Crippen LogP contribution is 2.25. The van der Waals surface area contributed by atoms with E-state index in [1.54, 1.807) is 0 Å². The maximum atomic E-state index is 13.6. The van der Waals surface area contributed by atoms with Gasteiger partial charge in [-0.05, 0) is 24.3 Å². The van der Waals surface area contributed by atoms with Crippen LogP contribution in [0.25, 0.3) is 0 Å². The summed E-state index contributed by atoms with van der Waals surface area (Å²) < 4.78 is 45.6. The highest BCUT2D eigenvalue weighted by Gasteiger charge is 2.16. The van der Waals surface area contributed by atoms with Gasteiger partial charge < -0.3 is 9.84 Å². The van der Waals surface area contributed by atoms with E-state index in [2.05, 4.69) is 0 Å². The molecule has 0 bridgehead atoms. The molecule has 2 aromatic rings. The van der Waals surface area contributed by atoms with Gasteiger partial charge >= 0.3 is 5.97 Å². The molecule has 0 saturated heterocycles. The van der Waals surface area contributed by atoms with Gasteiger partial charge in [0.05, 0.1) is 5.56 Å². The topological polar surface area (TPSA) is 46.5 Å². The molecule has 2 rings (SSSR count). The van der Waals surface area contributed by atoms with Crippen molar-refractivity contribution in [1.82, 2.24) is 0 Å². The van der Waals surface area contributed by atoms with Crippen molar-refractivity contribution in [2.24, 2.45) is 0 Å². The molecule has 0 aliphatic rings. The van der Waals surface area contributed by atoms with Gasteiger partial charge in [-0.15, -0.1) is 0 Å². The van der Waals surface area contributed by atoms with E-state index < -0.39 is 41.3 Å². The lowest BCUT2D eigenvalue weighted by atomic mass is 10.2. The minimum Gasteiger partial charge on any atom is -0.483 e. The van der Waals surface area contributed by atoms with E-state index in [9.17, 15) is 18.0 Å². The largest absolute Gasteiger partial charge is 0.483 e. The number of halogens is 4. The van der Waals surface area contributed by atoms with E-state index in [-0.39, 0.29) is 10.6 Å². The predicted molar refractivity (Wildman–Crippen MR) is 69.1 cm³/mol. The Bertz CT molecular complexity index is 681. The van der Waals surface area contributed by atoms with Gasteiger partial charge in [0.1, 0.15) is 12.4 Å². The van der Waals surface area contributed by atoms with Crippen molar-refractivity contribution < 1.29 is 27.8 Å². The van der Waals surface area contributed by atoms with Crippen LogP contribution in [0.1, 0.15) is 15.9 Å². The third-order valence-electron chi connectivity index (χ3n) is 2.63. The molecule has 2 aromatic carbocycles. The third-order valence-corrected chi connectivity index (χ3v) is 2.87. The minimum absolute atomic E-state index is 0.0560. The molecular formula is C14H8ClF3O3. The quantitative estimate of drug-likeness (QED) is 0.926. The second kappa shape index (κ2) is 6.05. The van der Waals surface area contributed by atoms with Crippen LogP contribution in [0.3, 0.4) is 0 Å². The van der Waals surface area contributed by atoms with Crippen molar-refractivity contribution in [3.05, 3.63) is 63.9 Å². The number of hydrogen-bond donors (Lipinski definition) is 1. The van der Waals surface area contributed by atoms with E-state index in [1.807, 2.05) is 0 Å². The van der Waals surface area contributed by atoms with E-state index in [0.717, 1.165) is 6.07 Å². The van der Waals surface area contributed by atoms with Crippen LogP contribution in [0.5, 0.6) is 5.75 Å². The Hall–Kier alpha value is -2.21. The van der Waals surface area contributed by atoms with Crippen LogP contribution in [-0.2, 0) is 6.61 Å². The summed E-state index contributed by atoms with van der Waals surface area (Å²) in [7, 11) is 0. The van der Waals surface area contributed by atoms with Gasteiger partial charge in [0.25, 0.3) is 0 Å². The third kappa shape index (κ3) is 3.46. The second-order valence-electron chi connectivity index (χ2n) is 4.10. The maximum Gasteiger partial charge on any atom is 0.335 e. The molecule has 0 spiro atoms. The average molecular weight is 317 g/mol. The number of rotatable bonds is 4. The Kier molecular flexibility index (Phi) is 4.37. The van der Waals surface area contributed by atoms with Crippen molar-refractivity contribution in [2.45, 2.75) is 6.61 Å². The fourth-order valence-corrected chi connectivity index (χ4v) is 1.77. The first-order valence-corrected chi connectivity index (χ1v) is 6.05. The minimum atomic E-state index is -1.47.